The fourth-order valence-corrected chi connectivity index (χ4v) is 3.32. The van der Waals surface area contributed by atoms with Gasteiger partial charge in [-0.2, -0.15) is 0 Å². The molecule has 10 nitrogen and oxygen atoms in total. The summed E-state index contributed by atoms with van der Waals surface area (Å²) >= 11 is 0. The van der Waals surface area contributed by atoms with Gasteiger partial charge in [-0.1, -0.05) is 54.6 Å². The number of aliphatic carboxylic acids is 1. The van der Waals surface area contributed by atoms with Crippen molar-refractivity contribution in [1.29, 1.82) is 0 Å². The number of carbonyl (C=O) groups excluding carboxylic acids is 3. The van der Waals surface area contributed by atoms with Crippen molar-refractivity contribution in [3.05, 3.63) is 71.3 Å². The highest BCUT2D eigenvalue weighted by Gasteiger charge is 2.25. The van der Waals surface area contributed by atoms with E-state index in [-0.39, 0.29) is 26.1 Å². The Bertz CT molecular complexity index is 1050. The fraction of sp³-hybridized carbons (Fsp3) is 0.429. The number of alkyl carbamates (subject to hydrolysis) is 2. The lowest BCUT2D eigenvalue weighted by molar-refractivity contribution is -0.147. The topological polar surface area (TPSA) is 140 Å². The van der Waals surface area contributed by atoms with E-state index in [1.165, 1.54) is 0 Å². The van der Waals surface area contributed by atoms with E-state index in [1.54, 1.807) is 45.0 Å². The number of hydrogen-bond acceptors (Lipinski definition) is 7. The quantitative estimate of drug-likeness (QED) is 0.198. The van der Waals surface area contributed by atoms with E-state index in [4.69, 9.17) is 19.3 Å². The number of rotatable bonds is 13. The maximum Gasteiger partial charge on any atom is 0.408 e. The van der Waals surface area contributed by atoms with E-state index in [1.807, 2.05) is 30.3 Å². The molecule has 0 aromatic heterocycles. The number of amides is 2. The van der Waals surface area contributed by atoms with Gasteiger partial charge < -0.3 is 30.0 Å². The van der Waals surface area contributed by atoms with Crippen molar-refractivity contribution in [2.45, 2.75) is 71.3 Å². The van der Waals surface area contributed by atoms with Gasteiger partial charge in [-0.3, -0.25) is 4.79 Å². The standard InChI is InChI=1S/C28H36N2O8/c1-28(2,3)38-27(35)30-23(25(33)36-18-22-14-12-20(13-15-22)17-24(31)32)11-7-8-16-29-26(34)37-19-21-9-5-4-6-10-21/h4-6,9-10,12-15,23H,7-8,11,16-19H2,1-3H3,(H,29,34)(H,30,35)(H,31,32). The summed E-state index contributed by atoms with van der Waals surface area (Å²) < 4.78 is 15.8. The molecule has 2 aromatic carbocycles. The third-order valence-electron chi connectivity index (χ3n) is 5.14. The van der Waals surface area contributed by atoms with Crippen LogP contribution in [-0.2, 0) is 43.4 Å². The molecule has 0 aliphatic rings. The predicted octanol–water partition coefficient (Wildman–Crippen LogP) is 4.35. The first-order valence-electron chi connectivity index (χ1n) is 12.4. The number of carboxylic acids is 1. The van der Waals surface area contributed by atoms with E-state index >= 15 is 0 Å². The zero-order valence-corrected chi connectivity index (χ0v) is 22.0. The molecule has 10 heteroatoms. The van der Waals surface area contributed by atoms with Crippen LogP contribution in [0, 0.1) is 0 Å². The van der Waals surface area contributed by atoms with Gasteiger partial charge in [0.05, 0.1) is 6.42 Å². The van der Waals surface area contributed by atoms with E-state index < -0.39 is 35.8 Å². The van der Waals surface area contributed by atoms with E-state index in [9.17, 15) is 19.2 Å². The highest BCUT2D eigenvalue weighted by molar-refractivity contribution is 5.81. The Balaban J connectivity index is 1.81. The first-order valence-corrected chi connectivity index (χ1v) is 12.4. The maximum atomic E-state index is 12.8. The lowest BCUT2D eigenvalue weighted by atomic mass is 10.1. The van der Waals surface area contributed by atoms with Crippen molar-refractivity contribution in [3.63, 3.8) is 0 Å². The number of unbranched alkanes of at least 4 members (excludes halogenated alkanes) is 1. The summed E-state index contributed by atoms with van der Waals surface area (Å²) in [5.41, 5.74) is 1.46. The molecule has 1 unspecified atom stereocenters. The van der Waals surface area contributed by atoms with Crippen molar-refractivity contribution in [2.75, 3.05) is 6.54 Å². The average Bonchev–Trinajstić information content (AvgIpc) is 2.85. The number of ether oxygens (including phenoxy) is 3. The molecule has 38 heavy (non-hydrogen) atoms. The number of carbonyl (C=O) groups is 4. The highest BCUT2D eigenvalue weighted by atomic mass is 16.6. The van der Waals surface area contributed by atoms with Crippen LogP contribution < -0.4 is 10.6 Å². The molecule has 1 atom stereocenters. The van der Waals surface area contributed by atoms with Crippen LogP contribution in [0.4, 0.5) is 9.59 Å². The molecule has 2 rings (SSSR count). The van der Waals surface area contributed by atoms with Gasteiger partial charge in [0, 0.05) is 6.54 Å². The molecule has 0 saturated heterocycles. The molecule has 0 aliphatic carbocycles. The Hall–Kier alpha value is -4.08. The number of hydrogen-bond donors (Lipinski definition) is 3. The molecule has 0 radical (unpaired) electrons. The Morgan fingerprint density at radius 1 is 0.816 bits per heavy atom. The molecular formula is C28H36N2O8. The highest BCUT2D eigenvalue weighted by Crippen LogP contribution is 2.11. The Labute approximate surface area is 222 Å². The number of benzene rings is 2. The lowest BCUT2D eigenvalue weighted by Crippen LogP contribution is -2.44. The first-order chi connectivity index (χ1) is 18.0. The maximum absolute atomic E-state index is 12.8. The predicted molar refractivity (Wildman–Crippen MR) is 139 cm³/mol. The molecular weight excluding hydrogens is 492 g/mol. The second-order valence-corrected chi connectivity index (χ2v) is 9.68. The molecule has 0 bridgehead atoms. The summed E-state index contributed by atoms with van der Waals surface area (Å²) in [6.07, 6.45) is -0.0344. The van der Waals surface area contributed by atoms with Crippen LogP contribution in [0.15, 0.2) is 54.6 Å². The summed E-state index contributed by atoms with van der Waals surface area (Å²) in [5.74, 6) is -1.56. The largest absolute Gasteiger partial charge is 0.481 e. The van der Waals surface area contributed by atoms with Crippen molar-refractivity contribution >= 4 is 24.1 Å². The van der Waals surface area contributed by atoms with Gasteiger partial charge in [-0.15, -0.1) is 0 Å². The van der Waals surface area contributed by atoms with Crippen LogP contribution >= 0.6 is 0 Å². The monoisotopic (exact) mass is 528 g/mol. The molecule has 3 N–H and O–H groups in total. The van der Waals surface area contributed by atoms with Crippen LogP contribution in [0.2, 0.25) is 0 Å². The normalized spacial score (nSPS) is 11.7. The molecule has 2 amide bonds. The van der Waals surface area contributed by atoms with Gasteiger partial charge in [0.15, 0.2) is 0 Å². The first kappa shape index (κ1) is 30.1. The number of nitrogens with one attached hydrogen (secondary N) is 2. The average molecular weight is 529 g/mol. The van der Waals surface area contributed by atoms with Gasteiger partial charge in [0.2, 0.25) is 0 Å². The van der Waals surface area contributed by atoms with Crippen LogP contribution in [0.1, 0.15) is 56.7 Å². The minimum Gasteiger partial charge on any atom is -0.481 e. The summed E-state index contributed by atoms with van der Waals surface area (Å²) in [6, 6.07) is 15.1. The molecule has 0 spiro atoms. The third kappa shape index (κ3) is 12.8. The number of esters is 1. The smallest absolute Gasteiger partial charge is 0.408 e. The number of carboxylic acid groups (broad SMARTS) is 1. The van der Waals surface area contributed by atoms with Crippen molar-refractivity contribution in [3.8, 4) is 0 Å². The van der Waals surface area contributed by atoms with Gasteiger partial charge in [-0.25, -0.2) is 14.4 Å². The molecule has 0 saturated carbocycles. The third-order valence-corrected chi connectivity index (χ3v) is 5.14. The summed E-state index contributed by atoms with van der Waals surface area (Å²) in [7, 11) is 0. The van der Waals surface area contributed by atoms with Crippen LogP contribution in [0.25, 0.3) is 0 Å². The second-order valence-electron chi connectivity index (χ2n) is 9.68. The van der Waals surface area contributed by atoms with Crippen molar-refractivity contribution < 1.29 is 38.5 Å². The summed E-state index contributed by atoms with van der Waals surface area (Å²) in [5, 5.41) is 14.1. The fourth-order valence-electron chi connectivity index (χ4n) is 3.32. The van der Waals surface area contributed by atoms with Crippen LogP contribution in [0.5, 0.6) is 0 Å². The summed E-state index contributed by atoms with van der Waals surface area (Å²) in [6.45, 7) is 5.63. The van der Waals surface area contributed by atoms with Crippen molar-refractivity contribution in [2.24, 2.45) is 0 Å². The van der Waals surface area contributed by atoms with Gasteiger partial charge in [-0.05, 0) is 56.7 Å². The summed E-state index contributed by atoms with van der Waals surface area (Å²) in [4.78, 5) is 47.7. The minimum absolute atomic E-state index is 0.0342. The molecule has 0 heterocycles. The van der Waals surface area contributed by atoms with Gasteiger partial charge in [0.1, 0.15) is 24.9 Å². The second kappa shape index (κ2) is 15.2. The van der Waals surface area contributed by atoms with Crippen molar-refractivity contribution in [1.82, 2.24) is 10.6 Å². The van der Waals surface area contributed by atoms with Crippen LogP contribution in [0.3, 0.4) is 0 Å². The minimum atomic E-state index is -0.943. The molecule has 206 valence electrons. The van der Waals surface area contributed by atoms with Crippen LogP contribution in [-0.4, -0.2) is 47.4 Å². The molecule has 0 aliphatic heterocycles. The Morgan fingerprint density at radius 3 is 2.05 bits per heavy atom. The zero-order valence-electron chi connectivity index (χ0n) is 22.0. The molecule has 2 aromatic rings. The van der Waals surface area contributed by atoms with Gasteiger partial charge >= 0.3 is 24.1 Å². The zero-order chi connectivity index (χ0) is 28.0. The Morgan fingerprint density at radius 2 is 1.42 bits per heavy atom. The molecule has 0 fully saturated rings. The SMILES string of the molecule is CC(C)(C)OC(=O)NC(CCCCNC(=O)OCc1ccccc1)C(=O)OCc1ccc(CC(=O)O)cc1. The van der Waals surface area contributed by atoms with E-state index in [0.717, 1.165) is 5.56 Å². The lowest BCUT2D eigenvalue weighted by Gasteiger charge is -2.23. The van der Waals surface area contributed by atoms with E-state index in [0.29, 0.717) is 30.5 Å². The Kier molecular flexibility index (Phi) is 12.1. The van der Waals surface area contributed by atoms with E-state index in [2.05, 4.69) is 10.6 Å². The van der Waals surface area contributed by atoms with Gasteiger partial charge in [0.25, 0.3) is 0 Å².